The highest BCUT2D eigenvalue weighted by atomic mass is 15.3. The van der Waals surface area contributed by atoms with Gasteiger partial charge in [0.15, 0.2) is 0 Å². The second-order valence-corrected chi connectivity index (χ2v) is 7.11. The molecule has 3 rings (SSSR count). The van der Waals surface area contributed by atoms with Crippen LogP contribution in [0, 0.1) is 17.8 Å². The van der Waals surface area contributed by atoms with E-state index in [9.17, 15) is 0 Å². The van der Waals surface area contributed by atoms with Crippen LogP contribution in [0.5, 0.6) is 0 Å². The quantitative estimate of drug-likeness (QED) is 0.788. The lowest BCUT2D eigenvalue weighted by Gasteiger charge is -2.25. The maximum Gasteiger partial charge on any atom is 0.0640 e. The molecule has 3 atom stereocenters. The fraction of sp³-hybridized carbons (Fsp3) is 0.833. The van der Waals surface area contributed by atoms with E-state index in [1.807, 2.05) is 0 Å². The molecule has 1 heterocycles. The molecule has 2 aliphatic rings. The molecular formula is C18H31N3. The third kappa shape index (κ3) is 3.33. The maximum atomic E-state index is 4.85. The van der Waals surface area contributed by atoms with Crippen molar-refractivity contribution in [3.05, 3.63) is 18.0 Å². The lowest BCUT2D eigenvalue weighted by atomic mass is 9.91. The molecule has 0 saturated heterocycles. The van der Waals surface area contributed by atoms with Crippen molar-refractivity contribution in [1.29, 1.82) is 0 Å². The third-order valence-electron chi connectivity index (χ3n) is 5.72. The van der Waals surface area contributed by atoms with Crippen LogP contribution in [0.15, 0.2) is 12.3 Å². The zero-order chi connectivity index (χ0) is 14.8. The molecule has 2 saturated carbocycles. The fourth-order valence-corrected chi connectivity index (χ4v) is 4.34. The van der Waals surface area contributed by atoms with E-state index in [2.05, 4.69) is 43.0 Å². The van der Waals surface area contributed by atoms with Gasteiger partial charge in [0.25, 0.3) is 0 Å². The van der Waals surface area contributed by atoms with Crippen LogP contribution in [0.4, 0.5) is 0 Å². The summed E-state index contributed by atoms with van der Waals surface area (Å²) in [6, 6.07) is 3.43. The molecule has 1 N–H and O–H groups in total. The topological polar surface area (TPSA) is 29.9 Å². The zero-order valence-electron chi connectivity index (χ0n) is 13.9. The van der Waals surface area contributed by atoms with Gasteiger partial charge in [0.05, 0.1) is 11.7 Å². The molecule has 3 heteroatoms. The maximum absolute atomic E-state index is 4.85. The summed E-state index contributed by atoms with van der Waals surface area (Å²) in [6.07, 6.45) is 10.0. The van der Waals surface area contributed by atoms with E-state index in [0.717, 1.165) is 30.7 Å². The molecule has 1 aromatic heterocycles. The Morgan fingerprint density at radius 3 is 2.52 bits per heavy atom. The monoisotopic (exact) mass is 289 g/mol. The Labute approximate surface area is 129 Å². The molecule has 0 amide bonds. The van der Waals surface area contributed by atoms with Gasteiger partial charge in [0.1, 0.15) is 0 Å². The Kier molecular flexibility index (Phi) is 4.68. The van der Waals surface area contributed by atoms with Crippen LogP contribution in [0.2, 0.25) is 0 Å². The largest absolute Gasteiger partial charge is 0.314 e. The molecule has 3 unspecified atom stereocenters. The predicted molar refractivity (Wildman–Crippen MR) is 87.3 cm³/mol. The first-order valence-corrected chi connectivity index (χ1v) is 9.02. The molecule has 0 spiro atoms. The van der Waals surface area contributed by atoms with Crippen molar-refractivity contribution in [3.63, 3.8) is 0 Å². The normalized spacial score (nSPS) is 28.9. The Morgan fingerprint density at radius 1 is 1.19 bits per heavy atom. The van der Waals surface area contributed by atoms with Crippen LogP contribution in [0.3, 0.4) is 0 Å². The smallest absolute Gasteiger partial charge is 0.0640 e. The van der Waals surface area contributed by atoms with Crippen molar-refractivity contribution in [2.24, 2.45) is 17.8 Å². The van der Waals surface area contributed by atoms with Crippen LogP contribution in [-0.2, 0) is 6.42 Å². The second-order valence-electron chi connectivity index (χ2n) is 7.11. The minimum Gasteiger partial charge on any atom is -0.314 e. The van der Waals surface area contributed by atoms with E-state index in [-0.39, 0.29) is 0 Å². The van der Waals surface area contributed by atoms with E-state index in [1.54, 1.807) is 0 Å². The van der Waals surface area contributed by atoms with E-state index in [0.29, 0.717) is 12.1 Å². The summed E-state index contributed by atoms with van der Waals surface area (Å²) in [6.45, 7) is 7.80. The van der Waals surface area contributed by atoms with E-state index in [4.69, 9.17) is 5.10 Å². The molecule has 2 aliphatic carbocycles. The van der Waals surface area contributed by atoms with Crippen molar-refractivity contribution in [1.82, 2.24) is 15.1 Å². The number of rotatable bonds is 8. The van der Waals surface area contributed by atoms with Crippen molar-refractivity contribution in [2.75, 3.05) is 6.54 Å². The molecule has 118 valence electrons. The molecule has 3 nitrogen and oxygen atoms in total. The summed E-state index contributed by atoms with van der Waals surface area (Å²) in [5.41, 5.74) is 1.27. The number of nitrogens with zero attached hydrogens (tertiary/aromatic N) is 2. The van der Waals surface area contributed by atoms with Gasteiger partial charge < -0.3 is 5.32 Å². The Bertz CT molecular complexity index is 439. The lowest BCUT2D eigenvalue weighted by Crippen LogP contribution is -2.37. The van der Waals surface area contributed by atoms with Gasteiger partial charge in [0, 0.05) is 18.7 Å². The minimum absolute atomic E-state index is 0.565. The Morgan fingerprint density at radius 2 is 1.90 bits per heavy atom. The minimum atomic E-state index is 0.565. The van der Waals surface area contributed by atoms with Gasteiger partial charge in [-0.15, -0.1) is 0 Å². The molecule has 21 heavy (non-hydrogen) atoms. The van der Waals surface area contributed by atoms with Crippen LogP contribution in [-0.4, -0.2) is 22.4 Å². The van der Waals surface area contributed by atoms with E-state index >= 15 is 0 Å². The van der Waals surface area contributed by atoms with Crippen molar-refractivity contribution in [2.45, 2.75) is 71.4 Å². The van der Waals surface area contributed by atoms with Crippen LogP contribution < -0.4 is 5.32 Å². The molecular weight excluding hydrogens is 258 g/mol. The van der Waals surface area contributed by atoms with E-state index in [1.165, 1.54) is 37.8 Å². The highest BCUT2D eigenvalue weighted by Crippen LogP contribution is 2.55. The van der Waals surface area contributed by atoms with Gasteiger partial charge in [-0.2, -0.15) is 5.10 Å². The SMILES string of the molecule is CCNC(Cc1ccn(C(CC)CC)n1)C1CC2CC2C1. The molecule has 1 aromatic rings. The van der Waals surface area contributed by atoms with Gasteiger partial charge in [0.2, 0.25) is 0 Å². The number of hydrogen-bond acceptors (Lipinski definition) is 2. The molecule has 0 aliphatic heterocycles. The summed E-state index contributed by atoms with van der Waals surface area (Å²) in [4.78, 5) is 0. The molecule has 0 aromatic carbocycles. The number of hydrogen-bond donors (Lipinski definition) is 1. The van der Waals surface area contributed by atoms with Gasteiger partial charge in [-0.3, -0.25) is 4.68 Å². The van der Waals surface area contributed by atoms with Crippen LogP contribution >= 0.6 is 0 Å². The molecule has 2 fully saturated rings. The predicted octanol–water partition coefficient (Wildman–Crippen LogP) is 3.81. The summed E-state index contributed by atoms with van der Waals surface area (Å²) in [5.74, 6) is 3.02. The first kappa shape index (κ1) is 15.1. The average molecular weight is 289 g/mol. The average Bonchev–Trinajstić information content (AvgIpc) is 2.89. The Hall–Kier alpha value is -0.830. The first-order valence-electron chi connectivity index (χ1n) is 9.02. The van der Waals surface area contributed by atoms with E-state index < -0.39 is 0 Å². The number of nitrogens with one attached hydrogen (secondary N) is 1. The van der Waals surface area contributed by atoms with Gasteiger partial charge >= 0.3 is 0 Å². The van der Waals surface area contributed by atoms with Gasteiger partial charge in [-0.05, 0) is 62.5 Å². The third-order valence-corrected chi connectivity index (χ3v) is 5.72. The highest BCUT2D eigenvalue weighted by Gasteiger charge is 2.47. The molecule has 0 radical (unpaired) electrons. The van der Waals surface area contributed by atoms with Crippen molar-refractivity contribution >= 4 is 0 Å². The molecule has 0 bridgehead atoms. The van der Waals surface area contributed by atoms with Crippen LogP contribution in [0.25, 0.3) is 0 Å². The highest BCUT2D eigenvalue weighted by molar-refractivity contribution is 5.06. The first-order chi connectivity index (χ1) is 10.2. The Balaban J connectivity index is 1.62. The number of fused-ring (bicyclic) bond motifs is 1. The summed E-state index contributed by atoms with van der Waals surface area (Å²) in [7, 11) is 0. The number of aromatic nitrogens is 2. The van der Waals surface area contributed by atoms with Crippen molar-refractivity contribution < 1.29 is 0 Å². The number of likely N-dealkylation sites (N-methyl/N-ethyl adjacent to an activating group) is 1. The van der Waals surface area contributed by atoms with Gasteiger partial charge in [-0.1, -0.05) is 20.8 Å². The fourth-order valence-electron chi connectivity index (χ4n) is 4.34. The summed E-state index contributed by atoms with van der Waals surface area (Å²) in [5, 5.41) is 8.58. The standard InChI is InChI=1S/C18H31N3/c1-4-17(5-2)21-8-7-16(20-21)12-18(19-6-3)15-10-13-9-14(13)11-15/h7-8,13-15,17-19H,4-6,9-12H2,1-3H3. The van der Waals surface area contributed by atoms with Crippen molar-refractivity contribution in [3.8, 4) is 0 Å². The summed E-state index contributed by atoms with van der Waals surface area (Å²) < 4.78 is 2.18. The second kappa shape index (κ2) is 6.51. The lowest BCUT2D eigenvalue weighted by molar-refractivity contribution is 0.333. The zero-order valence-corrected chi connectivity index (χ0v) is 13.9. The van der Waals surface area contributed by atoms with Gasteiger partial charge in [-0.25, -0.2) is 0 Å². The summed E-state index contributed by atoms with van der Waals surface area (Å²) >= 11 is 0. The van der Waals surface area contributed by atoms with Crippen LogP contribution in [0.1, 0.15) is 64.6 Å².